The number of aromatic nitrogens is 1. The topological polar surface area (TPSA) is 30.0 Å². The van der Waals surface area contributed by atoms with Crippen LogP contribution in [0.5, 0.6) is 0 Å². The molecule has 0 bridgehead atoms. The van der Waals surface area contributed by atoms with Gasteiger partial charge in [-0.15, -0.1) is 11.3 Å². The first-order valence-electron chi connectivity index (χ1n) is 2.53. The Morgan fingerprint density at radius 1 is 1.55 bits per heavy atom. The second-order valence-electron chi connectivity index (χ2n) is 1.66. The fourth-order valence-corrected chi connectivity index (χ4v) is 1.05. The van der Waals surface area contributed by atoms with Crippen molar-refractivity contribution in [3.63, 3.8) is 0 Å². The zero-order valence-corrected chi connectivity index (χ0v) is 5.87. The van der Waals surface area contributed by atoms with Crippen molar-refractivity contribution in [2.45, 2.75) is 6.18 Å². The number of carbonyl (C=O) groups excluding carboxylic acids is 1. The van der Waals surface area contributed by atoms with E-state index >= 15 is 0 Å². The summed E-state index contributed by atoms with van der Waals surface area (Å²) < 4.78 is 34.9. The maximum atomic E-state index is 11.6. The smallest absolute Gasteiger partial charge is 0.281 e. The Kier molecular flexibility index (Phi) is 1.95. The predicted molar refractivity (Wildman–Crippen MR) is 32.5 cm³/mol. The summed E-state index contributed by atoms with van der Waals surface area (Å²) in [6.07, 6.45) is -3.65. The summed E-state index contributed by atoms with van der Waals surface area (Å²) in [5.74, 6) is -1.88. The normalized spacial score (nSPS) is 11.5. The van der Waals surface area contributed by atoms with Crippen LogP contribution < -0.4 is 0 Å². The summed E-state index contributed by atoms with van der Waals surface area (Å²) in [6, 6.07) is 0. The molecule has 0 unspecified atom stereocenters. The first-order chi connectivity index (χ1) is 5.02. The van der Waals surface area contributed by atoms with Crippen LogP contribution in [0.4, 0.5) is 13.2 Å². The number of ketones is 1. The second kappa shape index (κ2) is 2.61. The van der Waals surface area contributed by atoms with Gasteiger partial charge in [-0.25, -0.2) is 4.98 Å². The molecule has 0 aliphatic rings. The van der Waals surface area contributed by atoms with Crippen LogP contribution in [0.1, 0.15) is 9.80 Å². The number of nitrogens with zero attached hydrogens (tertiary/aromatic N) is 1. The van der Waals surface area contributed by atoms with E-state index in [1.54, 1.807) is 0 Å². The third-order valence-corrected chi connectivity index (χ3v) is 1.66. The van der Waals surface area contributed by atoms with Crippen LogP contribution in [0, 0.1) is 0 Å². The van der Waals surface area contributed by atoms with Crippen LogP contribution in [-0.4, -0.2) is 16.9 Å². The van der Waals surface area contributed by atoms with Gasteiger partial charge in [0.2, 0.25) is 0 Å². The van der Waals surface area contributed by atoms with Crippen molar-refractivity contribution in [2.24, 2.45) is 0 Å². The minimum atomic E-state index is -4.81. The Balaban J connectivity index is 2.88. The van der Waals surface area contributed by atoms with Gasteiger partial charge in [-0.1, -0.05) is 0 Å². The second-order valence-corrected chi connectivity index (χ2v) is 2.56. The average Bonchev–Trinajstić information content (AvgIpc) is 2.34. The molecule has 0 atom stereocenters. The summed E-state index contributed by atoms with van der Waals surface area (Å²) in [7, 11) is 0. The minimum absolute atomic E-state index is 0.516. The van der Waals surface area contributed by atoms with Crippen molar-refractivity contribution in [3.05, 3.63) is 16.6 Å². The van der Waals surface area contributed by atoms with Crippen molar-refractivity contribution < 1.29 is 18.0 Å². The van der Waals surface area contributed by atoms with Gasteiger partial charge in [0.05, 0.1) is 0 Å². The average molecular weight is 181 g/mol. The van der Waals surface area contributed by atoms with Gasteiger partial charge >= 0.3 is 6.18 Å². The molecule has 0 saturated carbocycles. The number of halogens is 3. The van der Waals surface area contributed by atoms with Gasteiger partial charge in [-0.3, -0.25) is 4.79 Å². The Labute approximate surface area is 63.7 Å². The lowest BCUT2D eigenvalue weighted by Crippen LogP contribution is -2.22. The monoisotopic (exact) mass is 181 g/mol. The van der Waals surface area contributed by atoms with Gasteiger partial charge in [0.25, 0.3) is 5.78 Å². The van der Waals surface area contributed by atoms with Gasteiger partial charge in [-0.2, -0.15) is 13.2 Å². The Morgan fingerprint density at radius 2 is 2.18 bits per heavy atom. The fraction of sp³-hybridized carbons (Fsp3) is 0.200. The number of alkyl halides is 3. The van der Waals surface area contributed by atoms with Gasteiger partial charge in [-0.05, 0) is 0 Å². The first kappa shape index (κ1) is 8.19. The van der Waals surface area contributed by atoms with Gasteiger partial charge < -0.3 is 0 Å². The molecule has 1 aromatic heterocycles. The number of carbonyl (C=O) groups is 1. The largest absolute Gasteiger partial charge is 0.457 e. The van der Waals surface area contributed by atoms with Crippen molar-refractivity contribution in [1.29, 1.82) is 0 Å². The summed E-state index contributed by atoms with van der Waals surface area (Å²) in [6.45, 7) is 0. The predicted octanol–water partition coefficient (Wildman–Crippen LogP) is 1.89. The van der Waals surface area contributed by atoms with E-state index in [0.29, 0.717) is 11.3 Å². The van der Waals surface area contributed by atoms with E-state index in [9.17, 15) is 18.0 Å². The molecule has 1 heterocycles. The Morgan fingerprint density at radius 3 is 2.55 bits per heavy atom. The molecule has 60 valence electrons. The lowest BCUT2D eigenvalue weighted by Gasteiger charge is -1.99. The van der Waals surface area contributed by atoms with E-state index < -0.39 is 17.0 Å². The molecule has 0 N–H and O–H groups in total. The summed E-state index contributed by atoms with van der Waals surface area (Å²) in [5.41, 5.74) is 0. The van der Waals surface area contributed by atoms with E-state index in [4.69, 9.17) is 0 Å². The minimum Gasteiger partial charge on any atom is -0.281 e. The Hall–Kier alpha value is -0.910. The third-order valence-electron chi connectivity index (χ3n) is 0.884. The molecular formula is C5H2F3NOS. The molecule has 1 rings (SSSR count). The summed E-state index contributed by atoms with van der Waals surface area (Å²) >= 11 is 0.677. The standard InChI is InChI=1S/C5H2F3NOS/c6-5(7,8)3(10)4-9-1-2-11-4/h1-2H. The molecule has 0 fully saturated rings. The molecule has 0 aliphatic heterocycles. The van der Waals surface area contributed by atoms with Crippen LogP contribution in [0.2, 0.25) is 0 Å². The van der Waals surface area contributed by atoms with Crippen molar-refractivity contribution >= 4 is 17.1 Å². The van der Waals surface area contributed by atoms with Crippen LogP contribution in [0.15, 0.2) is 11.6 Å². The van der Waals surface area contributed by atoms with E-state index in [1.807, 2.05) is 0 Å². The van der Waals surface area contributed by atoms with Crippen molar-refractivity contribution in [1.82, 2.24) is 4.98 Å². The van der Waals surface area contributed by atoms with E-state index in [1.165, 1.54) is 5.38 Å². The number of hydrogen-bond donors (Lipinski definition) is 0. The highest BCUT2D eigenvalue weighted by atomic mass is 32.1. The van der Waals surface area contributed by atoms with Gasteiger partial charge in [0, 0.05) is 11.6 Å². The molecule has 0 aliphatic carbocycles. The van der Waals surface area contributed by atoms with E-state index in [-0.39, 0.29) is 0 Å². The molecule has 11 heavy (non-hydrogen) atoms. The van der Waals surface area contributed by atoms with Crippen LogP contribution in [0.3, 0.4) is 0 Å². The molecule has 1 aromatic rings. The fourth-order valence-electron chi connectivity index (χ4n) is 0.457. The molecule has 0 aromatic carbocycles. The molecule has 6 heteroatoms. The maximum Gasteiger partial charge on any atom is 0.457 e. The lowest BCUT2D eigenvalue weighted by atomic mass is 10.4. The van der Waals surface area contributed by atoms with E-state index in [2.05, 4.69) is 4.98 Å². The van der Waals surface area contributed by atoms with Gasteiger partial charge in [0.15, 0.2) is 5.01 Å². The lowest BCUT2D eigenvalue weighted by molar-refractivity contribution is -0.0885. The molecule has 2 nitrogen and oxygen atoms in total. The SMILES string of the molecule is O=C(c1nccs1)C(F)(F)F. The Bertz CT molecular complexity index is 253. The third kappa shape index (κ3) is 1.76. The zero-order chi connectivity index (χ0) is 8.48. The highest BCUT2D eigenvalue weighted by Gasteiger charge is 2.40. The van der Waals surface area contributed by atoms with Gasteiger partial charge in [0.1, 0.15) is 0 Å². The number of rotatable bonds is 1. The molecular weight excluding hydrogens is 179 g/mol. The zero-order valence-electron chi connectivity index (χ0n) is 5.05. The van der Waals surface area contributed by atoms with E-state index in [0.717, 1.165) is 6.20 Å². The maximum absolute atomic E-state index is 11.6. The summed E-state index contributed by atoms with van der Waals surface area (Å²) in [5, 5.41) is 0.802. The highest BCUT2D eigenvalue weighted by Crippen LogP contribution is 2.22. The van der Waals surface area contributed by atoms with Crippen LogP contribution >= 0.6 is 11.3 Å². The first-order valence-corrected chi connectivity index (χ1v) is 3.41. The highest BCUT2D eigenvalue weighted by molar-refractivity contribution is 7.11. The van der Waals surface area contributed by atoms with Crippen LogP contribution in [-0.2, 0) is 0 Å². The summed E-state index contributed by atoms with van der Waals surface area (Å²) in [4.78, 5) is 13.6. The molecule has 0 saturated heterocycles. The van der Waals surface area contributed by atoms with Crippen molar-refractivity contribution in [3.8, 4) is 0 Å². The van der Waals surface area contributed by atoms with Crippen LogP contribution in [0.25, 0.3) is 0 Å². The molecule has 0 spiro atoms. The number of thiazole rings is 1. The molecule has 0 amide bonds. The number of Topliss-reactive ketones (excluding diaryl/α,β-unsaturated/α-hetero) is 1. The quantitative estimate of drug-likeness (QED) is 0.619. The number of hydrogen-bond acceptors (Lipinski definition) is 3. The van der Waals surface area contributed by atoms with Crippen molar-refractivity contribution in [2.75, 3.05) is 0 Å². The molecule has 0 radical (unpaired) electrons.